The van der Waals surface area contributed by atoms with Crippen LogP contribution in [0.5, 0.6) is 0 Å². The number of nitrogens with zero attached hydrogens (tertiary/aromatic N) is 2. The summed E-state index contributed by atoms with van der Waals surface area (Å²) < 4.78 is 0. The van der Waals surface area contributed by atoms with Crippen LogP contribution in [-0.4, -0.2) is 50.1 Å². The van der Waals surface area contributed by atoms with Crippen LogP contribution in [0.1, 0.15) is 79.6 Å². The van der Waals surface area contributed by atoms with Crippen molar-refractivity contribution in [2.45, 2.75) is 85.6 Å². The molecule has 0 aromatic rings. The SMILES string of the molecule is CC[C@H]1[C@@H]2CC=C3C[C@@H](N(C)C)CC[C@]3(C)[C@H]2CC[C@]1(CN(C)CC)C(C)C. The molecule has 0 aromatic carbocycles. The van der Waals surface area contributed by atoms with Crippen molar-refractivity contribution in [3.05, 3.63) is 11.6 Å². The maximum Gasteiger partial charge on any atom is 0.0127 e. The number of fused-ring (bicyclic) bond motifs is 3. The van der Waals surface area contributed by atoms with Gasteiger partial charge >= 0.3 is 0 Å². The van der Waals surface area contributed by atoms with Crippen LogP contribution < -0.4 is 0 Å². The highest BCUT2D eigenvalue weighted by Crippen LogP contribution is 2.63. The first-order chi connectivity index (χ1) is 13.2. The maximum atomic E-state index is 2.72. The predicted molar refractivity (Wildman–Crippen MR) is 123 cm³/mol. The third-order valence-electron chi connectivity index (χ3n) is 9.76. The summed E-state index contributed by atoms with van der Waals surface area (Å²) >= 11 is 0. The molecule has 0 amide bonds. The molecule has 2 saturated carbocycles. The van der Waals surface area contributed by atoms with E-state index in [1.165, 1.54) is 58.0 Å². The van der Waals surface area contributed by atoms with Crippen molar-refractivity contribution in [1.29, 1.82) is 0 Å². The molecule has 3 aliphatic carbocycles. The lowest BCUT2D eigenvalue weighted by Crippen LogP contribution is -2.56. The lowest BCUT2D eigenvalue weighted by atomic mass is 9.45. The van der Waals surface area contributed by atoms with Crippen LogP contribution in [0.3, 0.4) is 0 Å². The molecule has 0 bridgehead atoms. The van der Waals surface area contributed by atoms with Gasteiger partial charge in [-0.05, 0) is 101 Å². The first-order valence-electron chi connectivity index (χ1n) is 12.2. The molecule has 0 saturated heterocycles. The number of rotatable bonds is 6. The van der Waals surface area contributed by atoms with E-state index in [2.05, 4.69) is 71.6 Å². The maximum absolute atomic E-state index is 2.72. The molecule has 3 aliphatic rings. The zero-order chi connectivity index (χ0) is 20.7. The molecule has 0 heterocycles. The predicted octanol–water partition coefficient (Wildman–Crippen LogP) is 6.08. The molecule has 2 fully saturated rings. The molecular formula is C26H48N2. The summed E-state index contributed by atoms with van der Waals surface area (Å²) in [6.07, 6.45) is 12.4. The van der Waals surface area contributed by atoms with Crippen LogP contribution in [0.2, 0.25) is 0 Å². The normalized spacial score (nSPS) is 41.2. The Morgan fingerprint density at radius 3 is 2.39 bits per heavy atom. The summed E-state index contributed by atoms with van der Waals surface area (Å²) in [7, 11) is 6.88. The second-order valence-electron chi connectivity index (χ2n) is 11.3. The Morgan fingerprint density at radius 1 is 1.11 bits per heavy atom. The minimum absolute atomic E-state index is 0.475. The van der Waals surface area contributed by atoms with Gasteiger partial charge in [0.2, 0.25) is 0 Å². The van der Waals surface area contributed by atoms with Gasteiger partial charge in [0.05, 0.1) is 0 Å². The third kappa shape index (κ3) is 3.62. The molecule has 6 atom stereocenters. The Balaban J connectivity index is 1.91. The van der Waals surface area contributed by atoms with E-state index in [0.717, 1.165) is 29.7 Å². The summed E-state index contributed by atoms with van der Waals surface area (Å²) in [5, 5.41) is 0. The zero-order valence-corrected chi connectivity index (χ0v) is 20.2. The molecule has 0 spiro atoms. The van der Waals surface area contributed by atoms with Gasteiger partial charge < -0.3 is 9.80 Å². The summed E-state index contributed by atoms with van der Waals surface area (Å²) in [5.74, 6) is 3.46. The fourth-order valence-electron chi connectivity index (χ4n) is 7.74. The van der Waals surface area contributed by atoms with Crippen molar-refractivity contribution in [3.63, 3.8) is 0 Å². The van der Waals surface area contributed by atoms with E-state index in [-0.39, 0.29) is 0 Å². The zero-order valence-electron chi connectivity index (χ0n) is 20.2. The summed E-state index contributed by atoms with van der Waals surface area (Å²) in [6.45, 7) is 14.9. The molecule has 2 nitrogen and oxygen atoms in total. The number of hydrogen-bond donors (Lipinski definition) is 0. The van der Waals surface area contributed by atoms with Crippen molar-refractivity contribution in [2.75, 3.05) is 34.2 Å². The van der Waals surface area contributed by atoms with E-state index in [9.17, 15) is 0 Å². The van der Waals surface area contributed by atoms with Gasteiger partial charge in [0.1, 0.15) is 0 Å². The highest BCUT2D eigenvalue weighted by atomic mass is 15.1. The van der Waals surface area contributed by atoms with Gasteiger partial charge in [0.25, 0.3) is 0 Å². The second kappa shape index (κ2) is 8.42. The molecule has 0 aliphatic heterocycles. The van der Waals surface area contributed by atoms with Crippen molar-refractivity contribution in [3.8, 4) is 0 Å². The standard InChI is InChI=1S/C26H48N2/c1-9-23-22-12-11-20-17-21(27(6)7)13-15-25(20,5)24(22)14-16-26(23,19(3)4)18-28(8)10-2/h11,19,21-24H,9-10,12-18H2,1-8H3/t21-,22-,23-,24-,25-,26-/m0/s1. The quantitative estimate of drug-likeness (QED) is 0.508. The first-order valence-corrected chi connectivity index (χ1v) is 12.2. The topological polar surface area (TPSA) is 6.48 Å². The molecule has 162 valence electrons. The van der Waals surface area contributed by atoms with Gasteiger partial charge in [-0.2, -0.15) is 0 Å². The third-order valence-corrected chi connectivity index (χ3v) is 9.76. The van der Waals surface area contributed by atoms with Crippen LogP contribution in [0, 0.1) is 34.5 Å². The van der Waals surface area contributed by atoms with E-state index in [1.807, 2.05) is 5.57 Å². The van der Waals surface area contributed by atoms with Crippen LogP contribution in [-0.2, 0) is 0 Å². The average Bonchev–Trinajstić information content (AvgIpc) is 2.66. The molecule has 3 rings (SSSR count). The van der Waals surface area contributed by atoms with Crippen molar-refractivity contribution in [1.82, 2.24) is 9.80 Å². The molecule has 2 heteroatoms. The molecule has 28 heavy (non-hydrogen) atoms. The van der Waals surface area contributed by atoms with Crippen molar-refractivity contribution < 1.29 is 0 Å². The molecular weight excluding hydrogens is 340 g/mol. The van der Waals surface area contributed by atoms with Crippen LogP contribution in [0.15, 0.2) is 11.6 Å². The smallest absolute Gasteiger partial charge is 0.0127 e. The van der Waals surface area contributed by atoms with Gasteiger partial charge in [0.15, 0.2) is 0 Å². The fraction of sp³-hybridized carbons (Fsp3) is 0.923. The van der Waals surface area contributed by atoms with Crippen LogP contribution in [0.4, 0.5) is 0 Å². The molecule has 0 radical (unpaired) electrons. The van der Waals surface area contributed by atoms with Gasteiger partial charge in [-0.1, -0.05) is 52.7 Å². The molecule has 0 unspecified atom stereocenters. The minimum atomic E-state index is 0.475. The van der Waals surface area contributed by atoms with E-state index < -0.39 is 0 Å². The number of allylic oxidation sites excluding steroid dienone is 1. The summed E-state index contributed by atoms with van der Waals surface area (Å²) in [5.41, 5.74) is 2.79. The summed E-state index contributed by atoms with van der Waals surface area (Å²) in [6, 6.07) is 0.759. The molecule has 0 aromatic heterocycles. The Kier molecular flexibility index (Phi) is 6.72. The first kappa shape index (κ1) is 22.3. The van der Waals surface area contributed by atoms with Gasteiger partial charge in [0, 0.05) is 12.6 Å². The average molecular weight is 389 g/mol. The minimum Gasteiger partial charge on any atom is -0.306 e. The molecule has 0 N–H and O–H groups in total. The highest BCUT2D eigenvalue weighted by Gasteiger charge is 2.56. The van der Waals surface area contributed by atoms with Crippen molar-refractivity contribution in [2.24, 2.45) is 34.5 Å². The van der Waals surface area contributed by atoms with Crippen molar-refractivity contribution >= 4 is 0 Å². The van der Waals surface area contributed by atoms with Gasteiger partial charge in [-0.25, -0.2) is 0 Å². The van der Waals surface area contributed by atoms with E-state index in [1.54, 1.807) is 0 Å². The fourth-order valence-corrected chi connectivity index (χ4v) is 7.74. The second-order valence-corrected chi connectivity index (χ2v) is 11.3. The number of hydrogen-bond acceptors (Lipinski definition) is 2. The van der Waals surface area contributed by atoms with E-state index >= 15 is 0 Å². The highest BCUT2D eigenvalue weighted by molar-refractivity contribution is 5.25. The van der Waals surface area contributed by atoms with E-state index in [4.69, 9.17) is 0 Å². The van der Waals surface area contributed by atoms with E-state index in [0.29, 0.717) is 10.8 Å². The largest absolute Gasteiger partial charge is 0.306 e. The lowest BCUT2D eigenvalue weighted by Gasteiger charge is -2.61. The monoisotopic (exact) mass is 388 g/mol. The summed E-state index contributed by atoms with van der Waals surface area (Å²) in [4.78, 5) is 5.06. The Labute approximate surface area is 176 Å². The Bertz CT molecular complexity index is 565. The van der Waals surface area contributed by atoms with Gasteiger partial charge in [-0.15, -0.1) is 0 Å². The van der Waals surface area contributed by atoms with Crippen LogP contribution in [0.25, 0.3) is 0 Å². The lowest BCUT2D eigenvalue weighted by molar-refractivity contribution is -0.0885. The van der Waals surface area contributed by atoms with Crippen LogP contribution >= 0.6 is 0 Å². The Morgan fingerprint density at radius 2 is 1.82 bits per heavy atom. The Hall–Kier alpha value is -0.340. The van der Waals surface area contributed by atoms with Gasteiger partial charge in [-0.3, -0.25) is 0 Å².